The normalized spacial score (nSPS) is 11.3. The number of hydrogen-bond acceptors (Lipinski definition) is 4. The van der Waals surface area contributed by atoms with E-state index in [1.807, 2.05) is 13.0 Å². The molecular weight excluding hydrogens is 481 g/mol. The minimum atomic E-state index is -3.64. The minimum absolute atomic E-state index is 0.0516. The third kappa shape index (κ3) is 6.35. The van der Waals surface area contributed by atoms with Crippen molar-refractivity contribution in [3.8, 4) is 22.6 Å². The van der Waals surface area contributed by atoms with Gasteiger partial charge in [0.05, 0.1) is 11.3 Å². The molecule has 8 heteroatoms. The maximum absolute atomic E-state index is 14.7. The summed E-state index contributed by atoms with van der Waals surface area (Å²) in [6.45, 7) is 1.89. The quantitative estimate of drug-likeness (QED) is 0.295. The van der Waals surface area contributed by atoms with E-state index in [9.17, 15) is 17.6 Å². The topological polar surface area (TPSA) is 92.7 Å². The molecule has 0 spiro atoms. The summed E-state index contributed by atoms with van der Waals surface area (Å²) in [5, 5.41) is 8.96. The van der Waals surface area contributed by atoms with Gasteiger partial charge in [-0.1, -0.05) is 54.6 Å². The van der Waals surface area contributed by atoms with Crippen molar-refractivity contribution in [2.75, 3.05) is 0 Å². The van der Waals surface area contributed by atoms with Crippen molar-refractivity contribution in [1.82, 2.24) is 4.72 Å². The Morgan fingerprint density at radius 3 is 2.25 bits per heavy atom. The van der Waals surface area contributed by atoms with E-state index in [-0.39, 0.29) is 23.6 Å². The first kappa shape index (κ1) is 25.1. The number of benzene rings is 4. The van der Waals surface area contributed by atoms with Gasteiger partial charge in [0.1, 0.15) is 5.75 Å². The van der Waals surface area contributed by atoms with Gasteiger partial charge in [-0.3, -0.25) is 0 Å². The summed E-state index contributed by atoms with van der Waals surface area (Å²) in [5.74, 6) is -1.10. The van der Waals surface area contributed by atoms with Crippen LogP contribution in [0.5, 0.6) is 11.5 Å². The van der Waals surface area contributed by atoms with Gasteiger partial charge < -0.3 is 9.84 Å². The molecule has 0 aliphatic heterocycles. The van der Waals surface area contributed by atoms with Gasteiger partial charge in [0.25, 0.3) is 0 Å². The first-order chi connectivity index (χ1) is 17.2. The molecule has 0 aliphatic carbocycles. The van der Waals surface area contributed by atoms with E-state index in [1.54, 1.807) is 66.7 Å². The Morgan fingerprint density at radius 2 is 1.61 bits per heavy atom. The summed E-state index contributed by atoms with van der Waals surface area (Å²) < 4.78 is 48.0. The van der Waals surface area contributed by atoms with Crippen LogP contribution in [-0.2, 0) is 22.3 Å². The molecule has 0 unspecified atom stereocenters. The van der Waals surface area contributed by atoms with Crippen molar-refractivity contribution in [1.29, 1.82) is 0 Å². The fraction of sp³-hybridized carbons (Fsp3) is 0.107. The summed E-state index contributed by atoms with van der Waals surface area (Å²) in [4.78, 5) is 10.9. The van der Waals surface area contributed by atoms with Crippen LogP contribution in [0.1, 0.15) is 27.0 Å². The van der Waals surface area contributed by atoms with Gasteiger partial charge in [-0.15, -0.1) is 0 Å². The smallest absolute Gasteiger partial charge is 0.335 e. The van der Waals surface area contributed by atoms with Gasteiger partial charge >= 0.3 is 5.97 Å². The Labute approximate surface area is 209 Å². The first-order valence-electron chi connectivity index (χ1n) is 11.1. The number of hydrogen-bond donors (Lipinski definition) is 2. The lowest BCUT2D eigenvalue weighted by atomic mass is 9.98. The molecule has 0 radical (unpaired) electrons. The molecule has 0 bridgehead atoms. The van der Waals surface area contributed by atoms with E-state index >= 15 is 0 Å². The second kappa shape index (κ2) is 10.7. The molecule has 0 atom stereocenters. The molecule has 0 aromatic heterocycles. The summed E-state index contributed by atoms with van der Waals surface area (Å²) in [7, 11) is -3.64. The molecule has 4 aromatic carbocycles. The van der Waals surface area contributed by atoms with Crippen LogP contribution in [-0.4, -0.2) is 19.5 Å². The van der Waals surface area contributed by atoms with Crippen molar-refractivity contribution in [3.05, 3.63) is 119 Å². The third-order valence-corrected chi connectivity index (χ3v) is 6.86. The van der Waals surface area contributed by atoms with E-state index in [2.05, 4.69) is 4.72 Å². The monoisotopic (exact) mass is 505 g/mol. The van der Waals surface area contributed by atoms with E-state index in [0.717, 1.165) is 11.1 Å². The number of carbonyl (C=O) groups is 1. The lowest BCUT2D eigenvalue weighted by molar-refractivity contribution is 0.0697. The SMILES string of the molecule is Cc1cc(CS(=O)(=O)NCc2ccc(C(=O)O)cc2)ccc1-c1ccc(Oc2ccccc2)c(F)c1. The zero-order valence-corrected chi connectivity index (χ0v) is 20.3. The molecule has 2 N–H and O–H groups in total. The second-order valence-corrected chi connectivity index (χ2v) is 10.1. The van der Waals surface area contributed by atoms with E-state index in [4.69, 9.17) is 9.84 Å². The van der Waals surface area contributed by atoms with Crippen molar-refractivity contribution in [2.45, 2.75) is 19.2 Å². The van der Waals surface area contributed by atoms with Crippen molar-refractivity contribution in [2.24, 2.45) is 0 Å². The van der Waals surface area contributed by atoms with Gasteiger partial charge in [-0.25, -0.2) is 22.3 Å². The third-order valence-electron chi connectivity index (χ3n) is 5.56. The molecule has 6 nitrogen and oxygen atoms in total. The average molecular weight is 506 g/mol. The molecule has 0 amide bonds. The van der Waals surface area contributed by atoms with Crippen LogP contribution in [0.15, 0.2) is 91.0 Å². The number of carboxylic acids is 1. The fourth-order valence-electron chi connectivity index (χ4n) is 3.74. The zero-order chi connectivity index (χ0) is 25.7. The molecule has 4 aromatic rings. The van der Waals surface area contributed by atoms with Crippen LogP contribution >= 0.6 is 0 Å². The Morgan fingerprint density at radius 1 is 0.917 bits per heavy atom. The lowest BCUT2D eigenvalue weighted by Crippen LogP contribution is -2.24. The van der Waals surface area contributed by atoms with Gasteiger partial charge in [0.15, 0.2) is 11.6 Å². The number of aryl methyl sites for hydroxylation is 1. The molecule has 0 aliphatic rings. The molecular formula is C28H24FNO5S. The highest BCUT2D eigenvalue weighted by atomic mass is 32.2. The number of rotatable bonds is 9. The highest BCUT2D eigenvalue weighted by Crippen LogP contribution is 2.31. The Bertz CT molecular complexity index is 1490. The van der Waals surface area contributed by atoms with Crippen molar-refractivity contribution >= 4 is 16.0 Å². The first-order valence-corrected chi connectivity index (χ1v) is 12.8. The largest absolute Gasteiger partial charge is 0.478 e. The van der Waals surface area contributed by atoms with Gasteiger partial charge in [0.2, 0.25) is 10.0 Å². The molecule has 0 fully saturated rings. The number of nitrogens with one attached hydrogen (secondary N) is 1. The van der Waals surface area contributed by atoms with Gasteiger partial charge in [-0.05, 0) is 71.1 Å². The van der Waals surface area contributed by atoms with E-state index in [1.165, 1.54) is 18.2 Å². The van der Waals surface area contributed by atoms with Crippen LogP contribution in [0.25, 0.3) is 11.1 Å². The summed E-state index contributed by atoms with van der Waals surface area (Å²) in [5.41, 5.74) is 3.63. The molecule has 184 valence electrons. The average Bonchev–Trinajstić information content (AvgIpc) is 2.85. The van der Waals surface area contributed by atoms with Gasteiger partial charge in [0, 0.05) is 6.54 Å². The highest BCUT2D eigenvalue weighted by molar-refractivity contribution is 7.88. The van der Waals surface area contributed by atoms with Gasteiger partial charge in [-0.2, -0.15) is 0 Å². The molecule has 0 heterocycles. The van der Waals surface area contributed by atoms with Crippen LogP contribution < -0.4 is 9.46 Å². The molecule has 36 heavy (non-hydrogen) atoms. The Hall–Kier alpha value is -4.01. The number of carboxylic acid groups (broad SMARTS) is 1. The van der Waals surface area contributed by atoms with E-state index < -0.39 is 21.8 Å². The van der Waals surface area contributed by atoms with Crippen LogP contribution in [0.4, 0.5) is 4.39 Å². The van der Waals surface area contributed by atoms with E-state index in [0.29, 0.717) is 22.4 Å². The van der Waals surface area contributed by atoms with Crippen molar-refractivity contribution < 1.29 is 27.4 Å². The van der Waals surface area contributed by atoms with Crippen LogP contribution in [0.2, 0.25) is 0 Å². The molecule has 0 saturated heterocycles. The van der Waals surface area contributed by atoms with Crippen LogP contribution in [0, 0.1) is 12.7 Å². The maximum atomic E-state index is 14.7. The molecule has 4 rings (SSSR count). The number of aromatic carboxylic acids is 1. The predicted molar refractivity (Wildman–Crippen MR) is 136 cm³/mol. The number of ether oxygens (including phenoxy) is 1. The fourth-order valence-corrected chi connectivity index (χ4v) is 4.84. The number of para-hydroxylation sites is 1. The number of halogens is 1. The Kier molecular flexibility index (Phi) is 7.47. The maximum Gasteiger partial charge on any atom is 0.335 e. The summed E-state index contributed by atoms with van der Waals surface area (Å²) in [6, 6.07) is 24.9. The number of sulfonamides is 1. The van der Waals surface area contributed by atoms with Crippen molar-refractivity contribution in [3.63, 3.8) is 0 Å². The highest BCUT2D eigenvalue weighted by Gasteiger charge is 2.14. The summed E-state index contributed by atoms with van der Waals surface area (Å²) >= 11 is 0. The lowest BCUT2D eigenvalue weighted by Gasteiger charge is -2.12. The predicted octanol–water partition coefficient (Wildman–Crippen LogP) is 5.91. The zero-order valence-electron chi connectivity index (χ0n) is 19.4. The Balaban J connectivity index is 1.43. The minimum Gasteiger partial charge on any atom is -0.478 e. The van der Waals surface area contributed by atoms with Crippen LogP contribution in [0.3, 0.4) is 0 Å². The summed E-state index contributed by atoms with van der Waals surface area (Å²) in [6.07, 6.45) is 0. The standard InChI is InChI=1S/C28H24FNO5S/c1-19-15-21(18-36(33,34)30-17-20-7-10-22(11-8-20)28(31)32)9-13-25(19)23-12-14-27(26(29)16-23)35-24-5-3-2-4-6-24/h2-16,30H,17-18H2,1H3,(H,31,32). The second-order valence-electron chi connectivity index (χ2n) is 8.29. The molecule has 0 saturated carbocycles.